The van der Waals surface area contributed by atoms with Gasteiger partial charge in [0.1, 0.15) is 17.2 Å². The van der Waals surface area contributed by atoms with E-state index in [4.69, 9.17) is 26.2 Å². The lowest BCUT2D eigenvalue weighted by atomic mass is 9.90. The molecule has 0 spiro atoms. The Morgan fingerprint density at radius 2 is 2.03 bits per heavy atom. The Bertz CT molecular complexity index is 996. The molecule has 0 bridgehead atoms. The van der Waals surface area contributed by atoms with E-state index in [-0.39, 0.29) is 36.8 Å². The van der Waals surface area contributed by atoms with Crippen molar-refractivity contribution < 1.29 is 29.0 Å². The number of carbonyl (C=O) groups is 3. The molecule has 0 aliphatic heterocycles. The number of thiophene rings is 1. The molecule has 0 saturated carbocycles. The molecule has 0 fully saturated rings. The first-order chi connectivity index (χ1) is 14.8. The Hall–Kier alpha value is -2.64. The minimum Gasteiger partial charge on any atom is -0.493 e. The van der Waals surface area contributed by atoms with Gasteiger partial charge in [0.25, 0.3) is 0 Å². The molecule has 0 saturated heterocycles. The highest BCUT2D eigenvalue weighted by Crippen LogP contribution is 2.30. The zero-order valence-corrected chi connectivity index (χ0v) is 18.6. The van der Waals surface area contributed by atoms with E-state index in [0.29, 0.717) is 21.2 Å². The number of allylic oxidation sites excluding steroid dienone is 2. The number of ether oxygens (including phenoxy) is 2. The van der Waals surface area contributed by atoms with E-state index in [1.54, 1.807) is 30.3 Å². The topological polar surface area (TPSA) is 89.9 Å². The van der Waals surface area contributed by atoms with Gasteiger partial charge in [-0.05, 0) is 67.2 Å². The first-order valence-electron chi connectivity index (χ1n) is 9.91. The molecule has 1 N–H and O–H groups in total. The summed E-state index contributed by atoms with van der Waals surface area (Å²) in [6.07, 6.45) is 5.97. The summed E-state index contributed by atoms with van der Waals surface area (Å²) < 4.78 is 10.9. The molecule has 0 radical (unpaired) electrons. The van der Waals surface area contributed by atoms with Crippen molar-refractivity contribution in [1.29, 1.82) is 0 Å². The summed E-state index contributed by atoms with van der Waals surface area (Å²) >= 11 is 7.42. The van der Waals surface area contributed by atoms with Gasteiger partial charge in [-0.3, -0.25) is 9.59 Å². The van der Waals surface area contributed by atoms with Crippen LogP contribution in [0.3, 0.4) is 0 Å². The highest BCUT2D eigenvalue weighted by molar-refractivity contribution is 7.13. The van der Waals surface area contributed by atoms with Crippen LogP contribution in [0.1, 0.15) is 39.9 Å². The molecule has 164 valence electrons. The minimum atomic E-state index is -0.908. The Labute approximate surface area is 189 Å². The Balaban J connectivity index is 1.53. The summed E-state index contributed by atoms with van der Waals surface area (Å²) in [7, 11) is 0. The van der Waals surface area contributed by atoms with E-state index >= 15 is 0 Å². The van der Waals surface area contributed by atoms with Crippen molar-refractivity contribution in [2.45, 2.75) is 32.8 Å². The van der Waals surface area contributed by atoms with Crippen LogP contribution in [-0.4, -0.2) is 29.4 Å². The number of aryl methyl sites for hydroxylation is 1. The summed E-state index contributed by atoms with van der Waals surface area (Å²) in [5.74, 6) is -0.922. The molecular formula is C23H23ClO6S. The summed E-state index contributed by atoms with van der Waals surface area (Å²) in [6, 6.07) is 8.57. The van der Waals surface area contributed by atoms with Crippen molar-refractivity contribution in [1.82, 2.24) is 0 Å². The normalized spacial score (nSPS) is 17.7. The lowest BCUT2D eigenvalue weighted by Gasteiger charge is -2.19. The highest BCUT2D eigenvalue weighted by atomic mass is 35.5. The minimum absolute atomic E-state index is 0.0384. The molecule has 1 aromatic heterocycles. The van der Waals surface area contributed by atoms with E-state index < -0.39 is 5.97 Å². The summed E-state index contributed by atoms with van der Waals surface area (Å²) in [5, 5.41) is 9.48. The number of carbonyl (C=O) groups excluding carboxylic acids is 2. The van der Waals surface area contributed by atoms with Gasteiger partial charge in [-0.2, -0.15) is 0 Å². The van der Waals surface area contributed by atoms with E-state index in [2.05, 4.69) is 0 Å². The molecule has 31 heavy (non-hydrogen) atoms. The Morgan fingerprint density at radius 3 is 2.74 bits per heavy atom. The number of aromatic carboxylic acids is 1. The zero-order chi connectivity index (χ0) is 22.4. The maximum atomic E-state index is 12.3. The number of hydrogen-bond acceptors (Lipinski definition) is 6. The highest BCUT2D eigenvalue weighted by Gasteiger charge is 2.30. The predicted octanol–water partition coefficient (Wildman–Crippen LogP) is 4.94. The third-order valence-electron chi connectivity index (χ3n) is 5.03. The fraction of sp³-hybridized carbons (Fsp3) is 0.348. The number of halogens is 1. The van der Waals surface area contributed by atoms with Crippen LogP contribution in [0.4, 0.5) is 0 Å². The van der Waals surface area contributed by atoms with Crippen LogP contribution >= 0.6 is 22.9 Å². The van der Waals surface area contributed by atoms with Gasteiger partial charge < -0.3 is 14.6 Å². The molecule has 1 heterocycles. The largest absolute Gasteiger partial charge is 0.493 e. The van der Waals surface area contributed by atoms with Crippen molar-refractivity contribution >= 4 is 40.7 Å². The smallest absolute Gasteiger partial charge is 0.345 e. The van der Waals surface area contributed by atoms with Gasteiger partial charge in [0, 0.05) is 16.8 Å². The van der Waals surface area contributed by atoms with Gasteiger partial charge in [-0.1, -0.05) is 17.7 Å². The van der Waals surface area contributed by atoms with Gasteiger partial charge in [0.2, 0.25) is 0 Å². The van der Waals surface area contributed by atoms with E-state index in [1.165, 1.54) is 18.3 Å². The maximum Gasteiger partial charge on any atom is 0.345 e. The molecule has 1 aromatic carbocycles. The summed E-state index contributed by atoms with van der Waals surface area (Å²) in [4.78, 5) is 35.7. The SMILES string of the molecule is CC(=O)OCc1cc(Cl)cc(OC[C@H]2C(=O)C=CC2CCCc2ccc(C(=O)O)s2)c1. The van der Waals surface area contributed by atoms with Crippen LogP contribution in [0, 0.1) is 11.8 Å². The number of esters is 1. The number of rotatable bonds is 10. The van der Waals surface area contributed by atoms with Gasteiger partial charge in [-0.25, -0.2) is 4.79 Å². The van der Waals surface area contributed by atoms with Gasteiger partial charge in [-0.15, -0.1) is 11.3 Å². The summed E-state index contributed by atoms with van der Waals surface area (Å²) in [6.45, 7) is 1.67. The molecule has 6 nitrogen and oxygen atoms in total. The number of ketones is 1. The van der Waals surface area contributed by atoms with Gasteiger partial charge in [0.15, 0.2) is 5.78 Å². The van der Waals surface area contributed by atoms with Crippen molar-refractivity contribution in [3.63, 3.8) is 0 Å². The van der Waals surface area contributed by atoms with Gasteiger partial charge >= 0.3 is 11.9 Å². The van der Waals surface area contributed by atoms with E-state index in [1.807, 2.05) is 12.1 Å². The molecular weight excluding hydrogens is 440 g/mol. The van der Waals surface area contributed by atoms with Crippen LogP contribution in [-0.2, 0) is 27.4 Å². The number of carboxylic acids is 1. The average molecular weight is 463 g/mol. The maximum absolute atomic E-state index is 12.3. The summed E-state index contributed by atoms with van der Waals surface area (Å²) in [5.41, 5.74) is 0.710. The fourth-order valence-electron chi connectivity index (χ4n) is 3.49. The molecule has 0 amide bonds. The number of carboxylic acid groups (broad SMARTS) is 1. The van der Waals surface area contributed by atoms with Crippen LogP contribution in [0.2, 0.25) is 5.02 Å². The van der Waals surface area contributed by atoms with E-state index in [0.717, 1.165) is 24.1 Å². The molecule has 2 atom stereocenters. The molecule has 8 heteroatoms. The second-order valence-electron chi connectivity index (χ2n) is 7.38. The molecule has 3 rings (SSSR count). The van der Waals surface area contributed by atoms with Crippen LogP contribution in [0.15, 0.2) is 42.5 Å². The lowest BCUT2D eigenvalue weighted by molar-refractivity contribution is -0.142. The molecule has 1 aliphatic rings. The second-order valence-corrected chi connectivity index (χ2v) is 8.99. The average Bonchev–Trinajstić information content (AvgIpc) is 3.32. The standard InChI is InChI=1S/C23H23ClO6S/c1-14(25)29-12-15-9-17(24)11-18(10-15)30-13-20-16(5-7-21(20)26)3-2-4-19-6-8-22(31-19)23(27)28/h5-11,16,20H,2-4,12-13H2,1H3,(H,27,28)/t16?,20-/m1/s1. The first-order valence-corrected chi connectivity index (χ1v) is 11.1. The Morgan fingerprint density at radius 1 is 1.23 bits per heavy atom. The number of benzene rings is 1. The van der Waals surface area contributed by atoms with Crippen LogP contribution in [0.25, 0.3) is 0 Å². The van der Waals surface area contributed by atoms with Crippen LogP contribution < -0.4 is 4.74 Å². The monoisotopic (exact) mass is 462 g/mol. The number of hydrogen-bond donors (Lipinski definition) is 1. The second kappa shape index (κ2) is 10.6. The van der Waals surface area contributed by atoms with Gasteiger partial charge in [0.05, 0.1) is 12.5 Å². The lowest BCUT2D eigenvalue weighted by Crippen LogP contribution is -2.23. The molecule has 1 unspecified atom stereocenters. The third-order valence-corrected chi connectivity index (χ3v) is 6.38. The third kappa shape index (κ3) is 6.67. The van der Waals surface area contributed by atoms with Crippen molar-refractivity contribution in [2.75, 3.05) is 6.61 Å². The van der Waals surface area contributed by atoms with Crippen molar-refractivity contribution in [3.05, 3.63) is 62.8 Å². The Kier molecular flexibility index (Phi) is 7.87. The fourth-order valence-corrected chi connectivity index (χ4v) is 4.62. The quantitative estimate of drug-likeness (QED) is 0.503. The molecule has 1 aliphatic carbocycles. The van der Waals surface area contributed by atoms with Crippen LogP contribution in [0.5, 0.6) is 5.75 Å². The van der Waals surface area contributed by atoms with Crippen molar-refractivity contribution in [3.8, 4) is 5.75 Å². The van der Waals surface area contributed by atoms with E-state index in [9.17, 15) is 14.4 Å². The van der Waals surface area contributed by atoms with Crippen molar-refractivity contribution in [2.24, 2.45) is 11.8 Å². The first kappa shape index (κ1) is 23.0. The molecule has 2 aromatic rings. The zero-order valence-electron chi connectivity index (χ0n) is 17.0. The predicted molar refractivity (Wildman–Crippen MR) is 118 cm³/mol.